The molecule has 0 bridgehead atoms. The molecule has 0 saturated heterocycles. The Morgan fingerprint density at radius 3 is 2.38 bits per heavy atom. The number of carbonyl (C=O) groups excluding carboxylic acids is 1. The first-order valence-corrected chi connectivity index (χ1v) is 5.67. The van der Waals surface area contributed by atoms with Crippen molar-refractivity contribution in [2.45, 2.75) is 20.0 Å². The number of carbonyl (C=O) groups is 1. The summed E-state index contributed by atoms with van der Waals surface area (Å²) in [5.74, 6) is 0.658. The monoisotopic (exact) mass is 241 g/mol. The average Bonchev–Trinajstić information content (AvgIpc) is 2.27. The van der Waals surface area contributed by atoms with E-state index < -0.39 is 0 Å². The number of ether oxygens (including phenoxy) is 1. The molecule has 3 nitrogen and oxygen atoms in total. The van der Waals surface area contributed by atoms with Gasteiger partial charge in [-0.2, -0.15) is 0 Å². The molecule has 4 heteroatoms. The summed E-state index contributed by atoms with van der Waals surface area (Å²) in [7, 11) is 1.70. The van der Waals surface area contributed by atoms with Crippen LogP contribution in [0.1, 0.15) is 13.8 Å². The highest BCUT2D eigenvalue weighted by Crippen LogP contribution is 2.19. The van der Waals surface area contributed by atoms with E-state index in [1.807, 2.05) is 38.1 Å². The summed E-state index contributed by atoms with van der Waals surface area (Å²) in [5, 5.41) is 0. The lowest BCUT2D eigenvalue weighted by Crippen LogP contribution is -2.27. The van der Waals surface area contributed by atoms with Crippen LogP contribution in [-0.4, -0.2) is 24.9 Å². The van der Waals surface area contributed by atoms with Gasteiger partial charge < -0.3 is 9.64 Å². The molecule has 1 aromatic rings. The number of nitrogens with zero attached hydrogens (tertiary/aromatic N) is 1. The molecule has 88 valence electrons. The second-order valence-electron chi connectivity index (χ2n) is 3.75. The predicted molar refractivity (Wildman–Crippen MR) is 66.3 cm³/mol. The Morgan fingerprint density at radius 2 is 1.94 bits per heavy atom. The summed E-state index contributed by atoms with van der Waals surface area (Å²) < 4.78 is 5.51. The molecule has 0 atom stereocenters. The van der Waals surface area contributed by atoms with Crippen molar-refractivity contribution in [3.05, 3.63) is 24.3 Å². The molecule has 1 aromatic carbocycles. The van der Waals surface area contributed by atoms with E-state index in [9.17, 15) is 4.79 Å². The fourth-order valence-corrected chi connectivity index (χ4v) is 1.43. The van der Waals surface area contributed by atoms with Crippen LogP contribution in [-0.2, 0) is 4.79 Å². The van der Waals surface area contributed by atoms with E-state index in [0.717, 1.165) is 11.4 Å². The van der Waals surface area contributed by atoms with Gasteiger partial charge in [-0.3, -0.25) is 4.79 Å². The normalized spacial score (nSPS) is 10.3. The lowest BCUT2D eigenvalue weighted by atomic mass is 10.3. The molecule has 0 aliphatic heterocycles. The van der Waals surface area contributed by atoms with E-state index in [-0.39, 0.29) is 17.9 Å². The smallest absolute Gasteiger partial charge is 0.241 e. The number of alkyl halides is 1. The highest BCUT2D eigenvalue weighted by Gasteiger charge is 2.09. The predicted octanol–water partition coefficient (Wildman–Crippen LogP) is 2.68. The van der Waals surface area contributed by atoms with Crippen molar-refractivity contribution in [2.75, 3.05) is 17.8 Å². The van der Waals surface area contributed by atoms with E-state index in [4.69, 9.17) is 16.3 Å². The van der Waals surface area contributed by atoms with Gasteiger partial charge in [0.05, 0.1) is 6.10 Å². The van der Waals surface area contributed by atoms with Crippen LogP contribution in [0.5, 0.6) is 5.75 Å². The minimum atomic E-state index is -0.126. The number of halogens is 1. The van der Waals surface area contributed by atoms with E-state index in [1.165, 1.54) is 4.90 Å². The number of anilines is 1. The van der Waals surface area contributed by atoms with E-state index in [0.29, 0.717) is 0 Å². The van der Waals surface area contributed by atoms with Gasteiger partial charge in [-0.15, -0.1) is 11.6 Å². The third-order valence-corrected chi connectivity index (χ3v) is 2.31. The molecular formula is C12H16ClNO2. The van der Waals surface area contributed by atoms with Crippen LogP contribution in [0.3, 0.4) is 0 Å². The van der Waals surface area contributed by atoms with E-state index in [1.54, 1.807) is 7.05 Å². The fraction of sp³-hybridized carbons (Fsp3) is 0.417. The van der Waals surface area contributed by atoms with Gasteiger partial charge in [0.25, 0.3) is 0 Å². The first kappa shape index (κ1) is 12.8. The molecule has 0 saturated carbocycles. The lowest BCUT2D eigenvalue weighted by molar-refractivity contribution is -0.116. The Morgan fingerprint density at radius 1 is 1.38 bits per heavy atom. The van der Waals surface area contributed by atoms with Crippen LogP contribution >= 0.6 is 11.6 Å². The summed E-state index contributed by atoms with van der Waals surface area (Å²) in [6.45, 7) is 3.94. The van der Waals surface area contributed by atoms with Crippen molar-refractivity contribution >= 4 is 23.2 Å². The molecule has 1 rings (SSSR count). The highest BCUT2D eigenvalue weighted by molar-refractivity contribution is 6.29. The third-order valence-electron chi connectivity index (χ3n) is 2.08. The molecule has 0 heterocycles. The van der Waals surface area contributed by atoms with Crippen molar-refractivity contribution in [2.24, 2.45) is 0 Å². The summed E-state index contributed by atoms with van der Waals surface area (Å²) in [5.41, 5.74) is 0.807. The highest BCUT2D eigenvalue weighted by atomic mass is 35.5. The van der Waals surface area contributed by atoms with Gasteiger partial charge >= 0.3 is 0 Å². The maximum absolute atomic E-state index is 11.3. The molecule has 0 aromatic heterocycles. The maximum atomic E-state index is 11.3. The van der Waals surface area contributed by atoms with Crippen molar-refractivity contribution in [3.8, 4) is 5.75 Å². The van der Waals surface area contributed by atoms with E-state index in [2.05, 4.69) is 0 Å². The molecule has 0 fully saturated rings. The van der Waals surface area contributed by atoms with Crippen molar-refractivity contribution in [3.63, 3.8) is 0 Å². The van der Waals surface area contributed by atoms with Crippen LogP contribution in [0, 0.1) is 0 Å². The molecule has 0 aliphatic rings. The standard InChI is InChI=1S/C12H16ClNO2/c1-9(2)16-11-6-4-10(5-7-11)14(3)12(15)8-13/h4-7,9H,8H2,1-3H3. The number of benzene rings is 1. The topological polar surface area (TPSA) is 29.5 Å². The molecule has 16 heavy (non-hydrogen) atoms. The number of amides is 1. The summed E-state index contributed by atoms with van der Waals surface area (Å²) in [4.78, 5) is 12.9. The Hall–Kier alpha value is -1.22. The minimum absolute atomic E-state index is 0.0131. The molecule has 1 amide bonds. The van der Waals surface area contributed by atoms with Gasteiger partial charge in [-0.25, -0.2) is 0 Å². The van der Waals surface area contributed by atoms with Gasteiger partial charge in [0.2, 0.25) is 5.91 Å². The lowest BCUT2D eigenvalue weighted by Gasteiger charge is -2.17. The summed E-state index contributed by atoms with van der Waals surface area (Å²) in [6.07, 6.45) is 0.146. The molecule has 0 aliphatic carbocycles. The average molecular weight is 242 g/mol. The van der Waals surface area contributed by atoms with Crippen LogP contribution in [0.4, 0.5) is 5.69 Å². The van der Waals surface area contributed by atoms with Crippen molar-refractivity contribution in [1.82, 2.24) is 0 Å². The molecule has 0 unspecified atom stereocenters. The first-order valence-electron chi connectivity index (χ1n) is 5.14. The molecule has 0 N–H and O–H groups in total. The number of hydrogen-bond acceptors (Lipinski definition) is 2. The second-order valence-corrected chi connectivity index (χ2v) is 4.01. The van der Waals surface area contributed by atoms with Crippen LogP contribution in [0.15, 0.2) is 24.3 Å². The SMILES string of the molecule is CC(C)Oc1ccc(N(C)C(=O)CCl)cc1. The largest absolute Gasteiger partial charge is 0.491 e. The quantitative estimate of drug-likeness (QED) is 0.759. The number of rotatable bonds is 4. The van der Waals surface area contributed by atoms with Gasteiger partial charge in [0.1, 0.15) is 11.6 Å². The second kappa shape index (κ2) is 5.75. The fourth-order valence-electron chi connectivity index (χ4n) is 1.25. The summed E-state index contributed by atoms with van der Waals surface area (Å²) in [6, 6.07) is 7.35. The zero-order valence-corrected chi connectivity index (χ0v) is 10.5. The maximum Gasteiger partial charge on any atom is 0.241 e. The molecular weight excluding hydrogens is 226 g/mol. The van der Waals surface area contributed by atoms with Crippen LogP contribution in [0.2, 0.25) is 0 Å². The van der Waals surface area contributed by atoms with Gasteiger partial charge in [-0.1, -0.05) is 0 Å². The molecule has 0 radical (unpaired) electrons. The van der Waals surface area contributed by atoms with Crippen LogP contribution in [0.25, 0.3) is 0 Å². The Labute approximate surface area is 101 Å². The Kier molecular flexibility index (Phi) is 4.62. The zero-order chi connectivity index (χ0) is 12.1. The summed E-state index contributed by atoms with van der Waals surface area (Å²) >= 11 is 5.48. The Bertz CT molecular complexity index is 349. The van der Waals surface area contributed by atoms with Crippen LogP contribution < -0.4 is 9.64 Å². The van der Waals surface area contributed by atoms with Gasteiger partial charge in [-0.05, 0) is 38.1 Å². The van der Waals surface area contributed by atoms with Crippen molar-refractivity contribution < 1.29 is 9.53 Å². The zero-order valence-electron chi connectivity index (χ0n) is 9.74. The number of hydrogen-bond donors (Lipinski definition) is 0. The third kappa shape index (κ3) is 3.42. The van der Waals surface area contributed by atoms with Gasteiger partial charge in [0, 0.05) is 12.7 Å². The van der Waals surface area contributed by atoms with E-state index >= 15 is 0 Å². The molecule has 0 spiro atoms. The minimum Gasteiger partial charge on any atom is -0.491 e. The first-order chi connectivity index (χ1) is 7.54. The van der Waals surface area contributed by atoms with Crippen molar-refractivity contribution in [1.29, 1.82) is 0 Å². The van der Waals surface area contributed by atoms with Gasteiger partial charge in [0.15, 0.2) is 0 Å². The Balaban J connectivity index is 2.74.